The molecule has 3 aromatic rings. The number of aromatic nitrogens is 1. The van der Waals surface area contributed by atoms with Crippen molar-refractivity contribution < 1.29 is 27.7 Å². The van der Waals surface area contributed by atoms with Crippen LogP contribution in [-0.4, -0.2) is 48.5 Å². The van der Waals surface area contributed by atoms with E-state index in [0.717, 1.165) is 24.8 Å². The molecule has 4 rings (SSSR count). The van der Waals surface area contributed by atoms with Crippen molar-refractivity contribution in [1.29, 1.82) is 0 Å². The molecule has 9 nitrogen and oxygen atoms in total. The van der Waals surface area contributed by atoms with Crippen molar-refractivity contribution in [3.63, 3.8) is 0 Å². The average Bonchev–Trinajstić information content (AvgIpc) is 3.35. The number of amides is 1. The van der Waals surface area contributed by atoms with Crippen LogP contribution in [-0.2, 0) is 21.2 Å². The fourth-order valence-electron chi connectivity index (χ4n) is 4.08. The van der Waals surface area contributed by atoms with Crippen LogP contribution in [0.25, 0.3) is 11.3 Å². The van der Waals surface area contributed by atoms with Crippen LogP contribution in [0.4, 0.5) is 0 Å². The predicted octanol–water partition coefficient (Wildman–Crippen LogP) is 1.92. The first-order valence-electron chi connectivity index (χ1n) is 11.5. The Labute approximate surface area is 204 Å². The molecule has 0 saturated heterocycles. The second kappa shape index (κ2) is 11.2. The van der Waals surface area contributed by atoms with Gasteiger partial charge in [0, 0.05) is 5.56 Å². The third-order valence-electron chi connectivity index (χ3n) is 6.28. The first kappa shape index (κ1) is 25.1. The number of nitrogens with zero attached hydrogens (tertiary/aromatic N) is 1. The van der Waals surface area contributed by atoms with Gasteiger partial charge in [-0.15, -0.1) is 0 Å². The van der Waals surface area contributed by atoms with Crippen LogP contribution >= 0.6 is 0 Å². The zero-order valence-corrected chi connectivity index (χ0v) is 19.9. The van der Waals surface area contributed by atoms with Crippen molar-refractivity contribution >= 4 is 23.0 Å². The third-order valence-corrected chi connectivity index (χ3v) is 7.77. The van der Waals surface area contributed by atoms with Crippen molar-refractivity contribution in [2.75, 3.05) is 0 Å². The molecule has 11 heteroatoms. The van der Waals surface area contributed by atoms with Crippen molar-refractivity contribution in [3.8, 4) is 11.3 Å². The SMILES string of the molecule is O=C(NC(CC1CCC1)B(O)O)C(Cc1ccccc1)NS(=O)(=O)c1ccc(-c2cnco2)cc1. The minimum atomic E-state index is -4.06. The highest BCUT2D eigenvalue weighted by molar-refractivity contribution is 7.89. The van der Waals surface area contributed by atoms with Crippen molar-refractivity contribution in [3.05, 3.63) is 72.8 Å². The van der Waals surface area contributed by atoms with Gasteiger partial charge in [-0.2, -0.15) is 4.72 Å². The summed E-state index contributed by atoms with van der Waals surface area (Å²) < 4.78 is 34.1. The summed E-state index contributed by atoms with van der Waals surface area (Å²) in [6.45, 7) is 0. The Morgan fingerprint density at radius 2 is 1.83 bits per heavy atom. The van der Waals surface area contributed by atoms with Crippen LogP contribution < -0.4 is 10.0 Å². The first-order valence-corrected chi connectivity index (χ1v) is 13.0. The number of sulfonamides is 1. The molecule has 1 aliphatic carbocycles. The Balaban J connectivity index is 1.52. The van der Waals surface area contributed by atoms with Gasteiger partial charge >= 0.3 is 7.12 Å². The van der Waals surface area contributed by atoms with E-state index in [4.69, 9.17) is 4.42 Å². The fourth-order valence-corrected chi connectivity index (χ4v) is 5.27. The van der Waals surface area contributed by atoms with Crippen molar-refractivity contribution in [2.24, 2.45) is 5.92 Å². The summed E-state index contributed by atoms with van der Waals surface area (Å²) >= 11 is 0. The third kappa shape index (κ3) is 6.58. The van der Waals surface area contributed by atoms with Gasteiger partial charge in [0.05, 0.1) is 17.0 Å². The first-order chi connectivity index (χ1) is 16.8. The molecule has 1 amide bonds. The fraction of sp³-hybridized carbons (Fsp3) is 0.333. The molecule has 0 aliphatic heterocycles. The topological polar surface area (TPSA) is 142 Å². The molecule has 2 aromatic carbocycles. The largest absolute Gasteiger partial charge is 0.475 e. The lowest BCUT2D eigenvalue weighted by atomic mass is 9.69. The van der Waals surface area contributed by atoms with E-state index in [-0.39, 0.29) is 11.3 Å². The Bertz CT molecular complexity index is 1200. The van der Waals surface area contributed by atoms with Crippen LogP contribution in [0.15, 0.2) is 76.5 Å². The molecule has 1 aliphatic rings. The Hall–Kier alpha value is -2.99. The summed E-state index contributed by atoms with van der Waals surface area (Å²) in [6.07, 6.45) is 6.37. The maximum absolute atomic E-state index is 13.2. The van der Waals surface area contributed by atoms with Crippen molar-refractivity contribution in [1.82, 2.24) is 15.0 Å². The van der Waals surface area contributed by atoms with Gasteiger partial charge in [-0.05, 0) is 48.6 Å². The summed E-state index contributed by atoms with van der Waals surface area (Å²) in [6, 6.07) is 13.9. The quantitative estimate of drug-likeness (QED) is 0.297. The van der Waals surface area contributed by atoms with E-state index < -0.39 is 35.0 Å². The van der Waals surface area contributed by atoms with Gasteiger partial charge in [-0.3, -0.25) is 4.79 Å². The van der Waals surface area contributed by atoms with Gasteiger partial charge in [0.25, 0.3) is 0 Å². The second-order valence-electron chi connectivity index (χ2n) is 8.81. The molecule has 2 unspecified atom stereocenters. The lowest BCUT2D eigenvalue weighted by Gasteiger charge is -2.30. The van der Waals surface area contributed by atoms with E-state index in [0.29, 0.717) is 23.7 Å². The molecule has 1 heterocycles. The van der Waals surface area contributed by atoms with Gasteiger partial charge in [-0.25, -0.2) is 13.4 Å². The minimum absolute atomic E-state index is 0.0140. The van der Waals surface area contributed by atoms with Gasteiger partial charge in [0.15, 0.2) is 12.2 Å². The van der Waals surface area contributed by atoms with E-state index in [1.807, 2.05) is 6.07 Å². The molecule has 0 radical (unpaired) electrons. The molecule has 184 valence electrons. The molecule has 2 atom stereocenters. The number of carbonyl (C=O) groups is 1. The minimum Gasteiger partial charge on any atom is -0.444 e. The summed E-state index contributed by atoms with van der Waals surface area (Å²) in [5.74, 6) is -0.678. The van der Waals surface area contributed by atoms with Crippen LogP contribution in [0.1, 0.15) is 31.2 Å². The zero-order valence-electron chi connectivity index (χ0n) is 19.1. The van der Waals surface area contributed by atoms with Gasteiger partial charge in [0.1, 0.15) is 6.04 Å². The molecule has 1 aromatic heterocycles. The number of benzene rings is 2. The predicted molar refractivity (Wildman–Crippen MR) is 130 cm³/mol. The molecule has 1 saturated carbocycles. The number of oxazole rings is 1. The number of hydrogen-bond acceptors (Lipinski definition) is 7. The highest BCUT2D eigenvalue weighted by Gasteiger charge is 2.34. The summed E-state index contributed by atoms with van der Waals surface area (Å²) in [7, 11) is -5.80. The molecule has 0 bridgehead atoms. The summed E-state index contributed by atoms with van der Waals surface area (Å²) in [5.41, 5.74) is 1.42. The van der Waals surface area contributed by atoms with Crippen molar-refractivity contribution in [2.45, 2.75) is 49.0 Å². The highest BCUT2D eigenvalue weighted by Crippen LogP contribution is 2.30. The summed E-state index contributed by atoms with van der Waals surface area (Å²) in [5, 5.41) is 22.3. The maximum Gasteiger partial charge on any atom is 0.475 e. The average molecular weight is 497 g/mol. The van der Waals surface area contributed by atoms with E-state index in [1.54, 1.807) is 36.4 Å². The lowest BCUT2D eigenvalue weighted by molar-refractivity contribution is -0.123. The summed E-state index contributed by atoms with van der Waals surface area (Å²) in [4.78, 5) is 17.0. The van der Waals surface area contributed by atoms with E-state index in [1.165, 1.54) is 24.7 Å². The second-order valence-corrected chi connectivity index (χ2v) is 10.5. The van der Waals surface area contributed by atoms with Crippen LogP contribution in [0.2, 0.25) is 0 Å². The van der Waals surface area contributed by atoms with Gasteiger partial charge in [-0.1, -0.05) is 49.6 Å². The smallest absolute Gasteiger partial charge is 0.444 e. The van der Waals surface area contributed by atoms with E-state index >= 15 is 0 Å². The van der Waals surface area contributed by atoms with Crippen LogP contribution in [0.5, 0.6) is 0 Å². The van der Waals surface area contributed by atoms with Gasteiger partial charge < -0.3 is 19.8 Å². The Kier molecular flexibility index (Phi) is 8.02. The molecule has 0 spiro atoms. The zero-order chi connectivity index (χ0) is 24.8. The highest BCUT2D eigenvalue weighted by atomic mass is 32.2. The van der Waals surface area contributed by atoms with Gasteiger partial charge in [0.2, 0.25) is 15.9 Å². The molecule has 35 heavy (non-hydrogen) atoms. The van der Waals surface area contributed by atoms with Crippen LogP contribution in [0, 0.1) is 5.92 Å². The Morgan fingerprint density at radius 3 is 2.40 bits per heavy atom. The number of rotatable bonds is 11. The standard InChI is InChI=1S/C24H28BN3O6S/c29-24(27-23(25(30)31)14-18-7-4-8-18)21(13-17-5-2-1-3-6-17)28-35(32,33)20-11-9-19(10-12-20)22-15-26-16-34-22/h1-3,5-6,9-12,15-16,18,21,23,28,30-31H,4,7-8,13-14H2,(H,27,29). The molecular weight excluding hydrogens is 469 g/mol. The maximum atomic E-state index is 13.2. The molecular formula is C24H28BN3O6S. The normalized spacial score (nSPS) is 15.7. The number of nitrogens with one attached hydrogen (secondary N) is 2. The van der Waals surface area contributed by atoms with E-state index in [2.05, 4.69) is 15.0 Å². The van der Waals surface area contributed by atoms with E-state index in [9.17, 15) is 23.3 Å². The molecule has 1 fully saturated rings. The Morgan fingerprint density at radius 1 is 1.11 bits per heavy atom. The number of carbonyl (C=O) groups excluding carboxylic acids is 1. The lowest BCUT2D eigenvalue weighted by Crippen LogP contribution is -2.55. The number of hydrogen-bond donors (Lipinski definition) is 4. The molecule has 4 N–H and O–H groups in total. The van der Waals surface area contributed by atoms with Crippen LogP contribution in [0.3, 0.4) is 0 Å². The monoisotopic (exact) mass is 497 g/mol.